The van der Waals surface area contributed by atoms with Gasteiger partial charge in [0.25, 0.3) is 0 Å². The van der Waals surface area contributed by atoms with E-state index >= 15 is 0 Å². The van der Waals surface area contributed by atoms with Gasteiger partial charge in [-0.3, -0.25) is 14.2 Å². The van der Waals surface area contributed by atoms with Crippen molar-refractivity contribution in [1.82, 2.24) is 10.2 Å². The van der Waals surface area contributed by atoms with Crippen LogP contribution in [0, 0.1) is 13.8 Å². The minimum atomic E-state index is -4.60. The van der Waals surface area contributed by atoms with Crippen LogP contribution in [0.25, 0.3) is 0 Å². The van der Waals surface area contributed by atoms with Gasteiger partial charge < -0.3 is 24.6 Å². The predicted molar refractivity (Wildman–Crippen MR) is 148 cm³/mol. The molecule has 2 saturated heterocycles. The number of nitrogens with zero attached hydrogens (tertiary/aromatic N) is 1. The number of hydrogen-bond acceptors (Lipinski definition) is 6. The number of carbonyl (C=O) groups is 2. The van der Waals surface area contributed by atoms with Crippen LogP contribution >= 0.6 is 7.82 Å². The quantitative estimate of drug-likeness (QED) is 0.276. The first kappa shape index (κ1) is 30.2. The summed E-state index contributed by atoms with van der Waals surface area (Å²) in [6.07, 6.45) is 1.55. The molecule has 4 rings (SSSR count). The molecule has 2 fully saturated rings. The molecule has 2 amide bonds. The number of hydrogen-bond donors (Lipinski definition) is 3. The second kappa shape index (κ2) is 12.4. The average Bonchev–Trinajstić information content (AvgIpc) is 3.26. The molecule has 40 heavy (non-hydrogen) atoms. The first-order valence-corrected chi connectivity index (χ1v) is 15.2. The molecule has 0 aliphatic carbocycles. The van der Waals surface area contributed by atoms with E-state index in [-0.39, 0.29) is 44.8 Å². The second-order valence-electron chi connectivity index (χ2n) is 11.0. The van der Waals surface area contributed by atoms with Gasteiger partial charge in [0.1, 0.15) is 0 Å². The highest BCUT2D eigenvalue weighted by atomic mass is 31.2. The number of carbonyl (C=O) groups excluding carboxylic acids is 2. The Morgan fingerprint density at radius 1 is 1.07 bits per heavy atom. The summed E-state index contributed by atoms with van der Waals surface area (Å²) in [5.74, 6) is -0.0326. The lowest BCUT2D eigenvalue weighted by Crippen LogP contribution is -2.65. The Kier molecular flexibility index (Phi) is 9.37. The minimum Gasteiger partial charge on any atom is -0.449 e. The number of rotatable bonds is 10. The van der Waals surface area contributed by atoms with E-state index in [0.717, 1.165) is 22.3 Å². The molecule has 0 saturated carbocycles. The van der Waals surface area contributed by atoms with Gasteiger partial charge in [0.2, 0.25) is 5.91 Å². The number of piperidine rings is 1. The molecule has 2 aliphatic rings. The molecular weight excluding hydrogens is 535 g/mol. The highest BCUT2D eigenvalue weighted by molar-refractivity contribution is 7.46. The van der Waals surface area contributed by atoms with Crippen molar-refractivity contribution in [2.24, 2.45) is 0 Å². The lowest BCUT2D eigenvalue weighted by molar-refractivity contribution is -0.121. The van der Waals surface area contributed by atoms with Gasteiger partial charge in [-0.2, -0.15) is 0 Å². The topological polar surface area (TPSA) is 135 Å². The van der Waals surface area contributed by atoms with Crippen molar-refractivity contribution in [3.8, 4) is 0 Å². The second-order valence-corrected chi connectivity index (χ2v) is 12.2. The lowest BCUT2D eigenvalue weighted by atomic mass is 9.74. The first-order valence-electron chi connectivity index (χ1n) is 13.6. The number of phosphoric ester groups is 1. The maximum absolute atomic E-state index is 13.7. The molecule has 2 aromatic carbocycles. The van der Waals surface area contributed by atoms with E-state index < -0.39 is 25.0 Å². The molecule has 3 atom stereocenters. The number of benzene rings is 2. The Morgan fingerprint density at radius 3 is 2.40 bits per heavy atom. The van der Waals surface area contributed by atoms with Crippen molar-refractivity contribution in [3.05, 3.63) is 70.8 Å². The molecule has 0 radical (unpaired) electrons. The van der Waals surface area contributed by atoms with E-state index in [9.17, 15) is 14.2 Å². The van der Waals surface area contributed by atoms with Crippen molar-refractivity contribution >= 4 is 19.8 Å². The molecule has 2 aromatic rings. The minimum absolute atomic E-state index is 0.0326. The number of likely N-dealkylation sites (tertiary alicyclic amines) is 1. The van der Waals surface area contributed by atoms with Gasteiger partial charge in [0.05, 0.1) is 37.0 Å². The number of ether oxygens (including phenoxy) is 2. The van der Waals surface area contributed by atoms with E-state index in [1.807, 2.05) is 51.1 Å². The number of phosphoric acid groups is 1. The molecule has 0 bridgehead atoms. The molecule has 2 heterocycles. The van der Waals surface area contributed by atoms with Gasteiger partial charge >= 0.3 is 13.9 Å². The molecule has 10 nitrogen and oxygen atoms in total. The van der Waals surface area contributed by atoms with Crippen LogP contribution in [-0.2, 0) is 28.9 Å². The third-order valence-corrected chi connectivity index (χ3v) is 8.34. The predicted octanol–water partition coefficient (Wildman–Crippen LogP) is 4.66. The van der Waals surface area contributed by atoms with Gasteiger partial charge in [-0.05, 0) is 51.2 Å². The summed E-state index contributed by atoms with van der Waals surface area (Å²) in [6.45, 7) is 6.23. The molecule has 218 valence electrons. The largest absolute Gasteiger partial charge is 0.469 e. The third kappa shape index (κ3) is 7.30. The lowest BCUT2D eigenvalue weighted by Gasteiger charge is -2.52. The van der Waals surface area contributed by atoms with E-state index in [4.69, 9.17) is 19.3 Å². The van der Waals surface area contributed by atoms with E-state index in [2.05, 4.69) is 28.0 Å². The van der Waals surface area contributed by atoms with Crippen LogP contribution in [0.4, 0.5) is 4.79 Å². The fourth-order valence-electron chi connectivity index (χ4n) is 5.80. The van der Waals surface area contributed by atoms with E-state index in [1.54, 1.807) is 4.90 Å². The maximum atomic E-state index is 13.7. The molecule has 2 aliphatic heterocycles. The molecule has 1 spiro atoms. The summed E-state index contributed by atoms with van der Waals surface area (Å²) >= 11 is 0. The van der Waals surface area contributed by atoms with Gasteiger partial charge in [0, 0.05) is 19.4 Å². The normalized spacial score (nSPS) is 23.7. The van der Waals surface area contributed by atoms with Gasteiger partial charge in [-0.1, -0.05) is 59.7 Å². The molecule has 0 unspecified atom stereocenters. The van der Waals surface area contributed by atoms with Crippen LogP contribution in [0.3, 0.4) is 0 Å². The first-order chi connectivity index (χ1) is 18.9. The van der Waals surface area contributed by atoms with Crippen LogP contribution < -0.4 is 5.32 Å². The zero-order chi connectivity index (χ0) is 29.0. The average molecular weight is 575 g/mol. The summed E-state index contributed by atoms with van der Waals surface area (Å²) in [7, 11) is -4.60. The van der Waals surface area contributed by atoms with Crippen molar-refractivity contribution in [2.75, 3.05) is 26.4 Å². The zero-order valence-corrected chi connectivity index (χ0v) is 24.2. The molecule has 3 N–H and O–H groups in total. The fraction of sp³-hybridized carbons (Fsp3) is 0.517. The number of amides is 2. The van der Waals surface area contributed by atoms with Gasteiger partial charge in [-0.25, -0.2) is 9.36 Å². The third-order valence-electron chi connectivity index (χ3n) is 7.82. The standard InChI is InChI=1S/C29H39N2O8P/c1-21-16-22(2)18-24(17-21)23(3)38-20-29(25-8-5-4-6-9-25)13-12-28(11-10-26(32)30-28)19-31(29)27(33)37-14-7-15-39-40(34,35)36/h4-6,8-9,16-18,23H,7,10-15,19-20H2,1-3H3,(H,30,32)(H2,34,35,36)/t23-,28-,29-/m1/s1. The van der Waals surface area contributed by atoms with Crippen LogP contribution in [0.15, 0.2) is 48.5 Å². The van der Waals surface area contributed by atoms with Gasteiger partial charge in [0.15, 0.2) is 0 Å². The monoisotopic (exact) mass is 574 g/mol. The maximum Gasteiger partial charge on any atom is 0.469 e. The summed E-state index contributed by atoms with van der Waals surface area (Å²) in [4.78, 5) is 45.4. The van der Waals surface area contributed by atoms with Crippen LogP contribution in [0.1, 0.15) is 67.4 Å². The summed E-state index contributed by atoms with van der Waals surface area (Å²) < 4.78 is 27.6. The van der Waals surface area contributed by atoms with Crippen molar-refractivity contribution < 1.29 is 37.9 Å². The Morgan fingerprint density at radius 2 is 1.77 bits per heavy atom. The fourth-order valence-corrected chi connectivity index (χ4v) is 6.17. The summed E-state index contributed by atoms with van der Waals surface area (Å²) in [5.41, 5.74) is 2.85. The van der Waals surface area contributed by atoms with E-state index in [1.165, 1.54) is 0 Å². The highest BCUT2D eigenvalue weighted by Crippen LogP contribution is 2.45. The van der Waals surface area contributed by atoms with Crippen LogP contribution in [0.5, 0.6) is 0 Å². The highest BCUT2D eigenvalue weighted by Gasteiger charge is 2.53. The Hall–Kier alpha value is -2.75. The zero-order valence-electron chi connectivity index (χ0n) is 23.3. The van der Waals surface area contributed by atoms with Crippen LogP contribution in [-0.4, -0.2) is 58.6 Å². The summed E-state index contributed by atoms with van der Waals surface area (Å²) in [5, 5.41) is 3.10. The van der Waals surface area contributed by atoms with Crippen LogP contribution in [0.2, 0.25) is 0 Å². The molecular formula is C29H39N2O8P. The van der Waals surface area contributed by atoms with Crippen molar-refractivity contribution in [2.45, 2.75) is 70.1 Å². The smallest absolute Gasteiger partial charge is 0.449 e. The SMILES string of the molecule is Cc1cc(C)cc([C@@H](C)OC[C@@]2(c3ccccc3)CC[C@]3(CCC(=O)N3)CN2C(=O)OCCCOP(=O)(O)O)c1. The molecule has 11 heteroatoms. The number of aryl methyl sites for hydroxylation is 2. The summed E-state index contributed by atoms with van der Waals surface area (Å²) in [6, 6.07) is 16.0. The van der Waals surface area contributed by atoms with Crippen molar-refractivity contribution in [1.29, 1.82) is 0 Å². The van der Waals surface area contributed by atoms with Gasteiger partial charge in [-0.15, -0.1) is 0 Å². The Bertz CT molecular complexity index is 1230. The van der Waals surface area contributed by atoms with Crippen molar-refractivity contribution in [3.63, 3.8) is 0 Å². The Labute approximate surface area is 235 Å². The van der Waals surface area contributed by atoms with E-state index in [0.29, 0.717) is 25.7 Å². The Balaban J connectivity index is 1.60. The molecule has 0 aromatic heterocycles. The number of nitrogens with one attached hydrogen (secondary N) is 1.